The zero-order chi connectivity index (χ0) is 18.2. The molecule has 0 heterocycles. The highest BCUT2D eigenvalue weighted by Crippen LogP contribution is 2.18. The fourth-order valence-corrected chi connectivity index (χ4v) is 2.29. The molecule has 0 unspecified atom stereocenters. The van der Waals surface area contributed by atoms with Gasteiger partial charge in [-0.05, 0) is 36.8 Å². The van der Waals surface area contributed by atoms with Crippen molar-refractivity contribution in [2.24, 2.45) is 0 Å². The van der Waals surface area contributed by atoms with Gasteiger partial charge in [-0.15, -0.1) is 0 Å². The van der Waals surface area contributed by atoms with Gasteiger partial charge in [0.05, 0.1) is 13.0 Å². The van der Waals surface area contributed by atoms with Crippen LogP contribution >= 0.6 is 0 Å². The van der Waals surface area contributed by atoms with Crippen LogP contribution < -0.4 is 14.8 Å². The van der Waals surface area contributed by atoms with Gasteiger partial charge in [-0.2, -0.15) is 0 Å². The zero-order valence-corrected chi connectivity index (χ0v) is 14.1. The Morgan fingerprint density at radius 2 is 1.64 bits per heavy atom. The molecule has 2 aromatic carbocycles. The van der Waals surface area contributed by atoms with Crippen molar-refractivity contribution in [3.8, 4) is 11.5 Å². The Kier molecular flexibility index (Phi) is 6.39. The van der Waals surface area contributed by atoms with Crippen molar-refractivity contribution in [3.05, 3.63) is 60.2 Å². The van der Waals surface area contributed by atoms with Gasteiger partial charge < -0.3 is 19.9 Å². The number of hydrogen-bond acceptors (Lipinski definition) is 4. The number of nitrogens with one attached hydrogen (secondary N) is 1. The number of aliphatic carboxylic acids is 1. The summed E-state index contributed by atoms with van der Waals surface area (Å²) in [5, 5.41) is 12.0. The van der Waals surface area contributed by atoms with E-state index >= 15 is 0 Å². The van der Waals surface area contributed by atoms with E-state index in [0.717, 1.165) is 0 Å². The first-order valence-electron chi connectivity index (χ1n) is 7.87. The molecule has 2 N–H and O–H groups in total. The summed E-state index contributed by atoms with van der Waals surface area (Å²) in [6, 6.07) is 15.7. The number of carboxylic acid groups (broad SMARTS) is 1. The monoisotopic (exact) mass is 343 g/mol. The van der Waals surface area contributed by atoms with Crippen molar-refractivity contribution >= 4 is 11.9 Å². The summed E-state index contributed by atoms with van der Waals surface area (Å²) < 4.78 is 10.6. The Hall–Kier alpha value is -3.02. The summed E-state index contributed by atoms with van der Waals surface area (Å²) in [6.45, 7) is 1.60. The predicted molar refractivity (Wildman–Crippen MR) is 92.9 cm³/mol. The number of ether oxygens (including phenoxy) is 2. The summed E-state index contributed by atoms with van der Waals surface area (Å²) in [7, 11) is 1.57. The number of benzene rings is 2. The van der Waals surface area contributed by atoms with Crippen molar-refractivity contribution < 1.29 is 24.2 Å². The minimum atomic E-state index is -0.991. The first-order valence-corrected chi connectivity index (χ1v) is 7.87. The lowest BCUT2D eigenvalue weighted by Crippen LogP contribution is -2.39. The highest BCUT2D eigenvalue weighted by atomic mass is 16.5. The maximum Gasteiger partial charge on any atom is 0.312 e. The van der Waals surface area contributed by atoms with Crippen LogP contribution in [0.4, 0.5) is 0 Å². The van der Waals surface area contributed by atoms with Gasteiger partial charge in [0.25, 0.3) is 5.91 Å². The predicted octanol–water partition coefficient (Wildman–Crippen LogP) is 2.45. The van der Waals surface area contributed by atoms with Crippen molar-refractivity contribution in [2.75, 3.05) is 13.7 Å². The highest BCUT2D eigenvalue weighted by molar-refractivity contribution is 5.82. The summed E-state index contributed by atoms with van der Waals surface area (Å²) in [5.41, 5.74) is 0.638. The molecule has 6 heteroatoms. The van der Waals surface area contributed by atoms with Gasteiger partial charge in [-0.25, -0.2) is 0 Å². The van der Waals surface area contributed by atoms with Crippen LogP contribution in [0.5, 0.6) is 11.5 Å². The van der Waals surface area contributed by atoms with E-state index in [2.05, 4.69) is 5.32 Å². The van der Waals surface area contributed by atoms with Crippen LogP contribution in [-0.2, 0) is 9.59 Å². The molecule has 0 saturated heterocycles. The number of hydrogen-bond donors (Lipinski definition) is 2. The molecule has 132 valence electrons. The molecule has 0 aliphatic carbocycles. The largest absolute Gasteiger partial charge is 0.497 e. The molecule has 0 saturated carbocycles. The van der Waals surface area contributed by atoms with Crippen molar-refractivity contribution in [3.63, 3.8) is 0 Å². The average molecular weight is 343 g/mol. The van der Waals surface area contributed by atoms with Gasteiger partial charge in [0, 0.05) is 6.54 Å². The number of methoxy groups -OCH3 is 1. The summed E-state index contributed by atoms with van der Waals surface area (Å²) in [6.07, 6.45) is -0.751. The minimum Gasteiger partial charge on any atom is -0.497 e. The van der Waals surface area contributed by atoms with Crippen LogP contribution in [0.25, 0.3) is 0 Å². The lowest BCUT2D eigenvalue weighted by atomic mass is 9.99. The van der Waals surface area contributed by atoms with Crippen LogP contribution in [0, 0.1) is 0 Å². The number of amides is 1. The second kappa shape index (κ2) is 8.73. The molecule has 0 radical (unpaired) electrons. The maximum atomic E-state index is 12.2. The Labute approximate surface area is 146 Å². The molecular weight excluding hydrogens is 322 g/mol. The molecule has 2 rings (SSSR count). The van der Waals surface area contributed by atoms with Crippen LogP contribution in [0.2, 0.25) is 0 Å². The molecule has 0 aromatic heterocycles. The Morgan fingerprint density at radius 1 is 1.04 bits per heavy atom. The Balaban J connectivity index is 1.92. The number of carbonyl (C=O) groups excluding carboxylic acids is 1. The molecule has 25 heavy (non-hydrogen) atoms. The maximum absolute atomic E-state index is 12.2. The SMILES string of the molecule is COc1ccc(O[C@H](C)C(=O)NC[C@@H](C(=O)O)c2ccccc2)cc1. The first-order chi connectivity index (χ1) is 12.0. The molecule has 0 aliphatic rings. The molecule has 2 atom stereocenters. The fraction of sp³-hybridized carbons (Fsp3) is 0.263. The second-order valence-corrected chi connectivity index (χ2v) is 5.48. The quantitative estimate of drug-likeness (QED) is 0.769. The molecule has 0 spiro atoms. The Bertz CT molecular complexity index is 700. The van der Waals surface area contributed by atoms with Crippen LogP contribution in [-0.4, -0.2) is 36.7 Å². The van der Waals surface area contributed by atoms with E-state index in [1.54, 1.807) is 62.6 Å². The molecule has 2 aromatic rings. The Morgan fingerprint density at radius 3 is 2.20 bits per heavy atom. The molecule has 6 nitrogen and oxygen atoms in total. The third kappa shape index (κ3) is 5.24. The second-order valence-electron chi connectivity index (χ2n) is 5.48. The van der Waals surface area contributed by atoms with Gasteiger partial charge in [0.15, 0.2) is 6.10 Å². The summed E-state index contributed by atoms with van der Waals surface area (Å²) in [5.74, 6) is -0.954. The highest BCUT2D eigenvalue weighted by Gasteiger charge is 2.22. The summed E-state index contributed by atoms with van der Waals surface area (Å²) in [4.78, 5) is 23.6. The number of carbonyl (C=O) groups is 2. The van der Waals surface area contributed by atoms with Gasteiger partial charge in [0.1, 0.15) is 11.5 Å². The van der Waals surface area contributed by atoms with E-state index in [-0.39, 0.29) is 12.5 Å². The zero-order valence-electron chi connectivity index (χ0n) is 14.1. The van der Waals surface area contributed by atoms with Crippen molar-refractivity contribution in [1.82, 2.24) is 5.32 Å². The van der Waals surface area contributed by atoms with E-state index in [0.29, 0.717) is 17.1 Å². The normalized spacial score (nSPS) is 12.7. The van der Waals surface area contributed by atoms with Crippen molar-refractivity contribution in [2.45, 2.75) is 18.9 Å². The van der Waals surface area contributed by atoms with Gasteiger partial charge in [-0.3, -0.25) is 9.59 Å². The average Bonchev–Trinajstić information content (AvgIpc) is 2.63. The number of carboxylic acids is 1. The van der Waals surface area contributed by atoms with Crippen LogP contribution in [0.1, 0.15) is 18.4 Å². The fourth-order valence-electron chi connectivity index (χ4n) is 2.29. The minimum absolute atomic E-state index is 0.00546. The lowest BCUT2D eigenvalue weighted by Gasteiger charge is -2.17. The van der Waals surface area contributed by atoms with E-state index < -0.39 is 18.0 Å². The van der Waals surface area contributed by atoms with Crippen LogP contribution in [0.15, 0.2) is 54.6 Å². The summed E-state index contributed by atoms with van der Waals surface area (Å²) >= 11 is 0. The lowest BCUT2D eigenvalue weighted by molar-refractivity contribution is -0.138. The van der Waals surface area contributed by atoms with E-state index in [1.165, 1.54) is 0 Å². The van der Waals surface area contributed by atoms with E-state index in [4.69, 9.17) is 9.47 Å². The molecule has 0 fully saturated rings. The van der Waals surface area contributed by atoms with E-state index in [1.807, 2.05) is 6.07 Å². The van der Waals surface area contributed by atoms with E-state index in [9.17, 15) is 14.7 Å². The molecule has 0 aliphatic heterocycles. The van der Waals surface area contributed by atoms with Crippen molar-refractivity contribution in [1.29, 1.82) is 0 Å². The molecule has 1 amide bonds. The molecule has 0 bridgehead atoms. The van der Waals surface area contributed by atoms with Gasteiger partial charge in [0.2, 0.25) is 0 Å². The topological polar surface area (TPSA) is 84.9 Å². The first kappa shape index (κ1) is 18.3. The van der Waals surface area contributed by atoms with Gasteiger partial charge in [-0.1, -0.05) is 30.3 Å². The standard InChI is InChI=1S/C19H21NO5/c1-13(25-16-10-8-15(24-2)9-11-16)18(21)20-12-17(19(22)23)14-6-4-3-5-7-14/h3-11,13,17H,12H2,1-2H3,(H,20,21)(H,22,23)/t13-,17-/m1/s1. The molecular formula is C19H21NO5. The third-order valence-electron chi connectivity index (χ3n) is 3.72. The smallest absolute Gasteiger partial charge is 0.312 e. The van der Waals surface area contributed by atoms with Gasteiger partial charge >= 0.3 is 5.97 Å². The van der Waals surface area contributed by atoms with Crippen LogP contribution in [0.3, 0.4) is 0 Å². The number of rotatable bonds is 8. The third-order valence-corrected chi connectivity index (χ3v) is 3.72.